The van der Waals surface area contributed by atoms with Crippen LogP contribution in [-0.2, 0) is 17.6 Å². The molecule has 1 atom stereocenters. The van der Waals surface area contributed by atoms with E-state index in [0.29, 0.717) is 6.61 Å². The number of rotatable bonds is 5. The number of anilines is 1. The first-order valence-electron chi connectivity index (χ1n) is 7.43. The number of aromatic nitrogens is 2. The molecule has 2 heterocycles. The van der Waals surface area contributed by atoms with Crippen LogP contribution in [0.4, 0.5) is 5.82 Å². The van der Waals surface area contributed by atoms with E-state index >= 15 is 0 Å². The SMILES string of the molecule is COCC(Nc1nc(C)nc2c1CCCC2)c1ccco1. The van der Waals surface area contributed by atoms with Crippen LogP contribution in [0.25, 0.3) is 0 Å². The first kappa shape index (κ1) is 14.1. The summed E-state index contributed by atoms with van der Waals surface area (Å²) >= 11 is 0. The van der Waals surface area contributed by atoms with E-state index in [9.17, 15) is 0 Å². The number of hydrogen-bond donors (Lipinski definition) is 1. The Labute approximate surface area is 124 Å². The van der Waals surface area contributed by atoms with Crippen molar-refractivity contribution >= 4 is 5.82 Å². The molecule has 0 amide bonds. The van der Waals surface area contributed by atoms with Gasteiger partial charge in [0.2, 0.25) is 0 Å². The number of aryl methyl sites for hydroxylation is 2. The van der Waals surface area contributed by atoms with Crippen molar-refractivity contribution in [1.82, 2.24) is 9.97 Å². The van der Waals surface area contributed by atoms with Crippen molar-refractivity contribution in [2.75, 3.05) is 19.0 Å². The molecule has 0 saturated carbocycles. The third kappa shape index (κ3) is 3.08. The Balaban J connectivity index is 1.90. The Kier molecular flexibility index (Phi) is 4.20. The number of methoxy groups -OCH3 is 1. The van der Waals surface area contributed by atoms with Crippen LogP contribution in [0.1, 0.15) is 41.7 Å². The van der Waals surface area contributed by atoms with Crippen molar-refractivity contribution in [2.45, 2.75) is 38.6 Å². The Hall–Kier alpha value is -1.88. The van der Waals surface area contributed by atoms with Gasteiger partial charge in [-0.05, 0) is 44.7 Å². The molecule has 2 aromatic heterocycles. The fourth-order valence-electron chi connectivity index (χ4n) is 2.85. The molecule has 1 aliphatic rings. The molecule has 0 saturated heterocycles. The van der Waals surface area contributed by atoms with Crippen LogP contribution in [0.15, 0.2) is 22.8 Å². The van der Waals surface area contributed by atoms with Gasteiger partial charge in [0.05, 0.1) is 12.9 Å². The van der Waals surface area contributed by atoms with E-state index in [1.54, 1.807) is 13.4 Å². The van der Waals surface area contributed by atoms with Crippen LogP contribution in [0.5, 0.6) is 0 Å². The molecule has 1 N–H and O–H groups in total. The lowest BCUT2D eigenvalue weighted by molar-refractivity contribution is 0.178. The molecule has 21 heavy (non-hydrogen) atoms. The molecule has 5 nitrogen and oxygen atoms in total. The maximum atomic E-state index is 5.51. The van der Waals surface area contributed by atoms with Crippen molar-refractivity contribution in [2.24, 2.45) is 0 Å². The van der Waals surface area contributed by atoms with Crippen molar-refractivity contribution in [3.05, 3.63) is 41.2 Å². The van der Waals surface area contributed by atoms with Gasteiger partial charge in [-0.2, -0.15) is 0 Å². The third-order valence-electron chi connectivity index (χ3n) is 3.83. The van der Waals surface area contributed by atoms with Gasteiger partial charge in [0.25, 0.3) is 0 Å². The highest BCUT2D eigenvalue weighted by Crippen LogP contribution is 2.28. The number of ether oxygens (including phenoxy) is 1. The lowest BCUT2D eigenvalue weighted by Gasteiger charge is -2.22. The van der Waals surface area contributed by atoms with Crippen LogP contribution >= 0.6 is 0 Å². The lowest BCUT2D eigenvalue weighted by atomic mass is 9.96. The number of hydrogen-bond acceptors (Lipinski definition) is 5. The summed E-state index contributed by atoms with van der Waals surface area (Å²) in [5.74, 6) is 2.60. The zero-order valence-corrected chi connectivity index (χ0v) is 12.6. The van der Waals surface area contributed by atoms with E-state index < -0.39 is 0 Å². The summed E-state index contributed by atoms with van der Waals surface area (Å²) in [6, 6.07) is 3.81. The third-order valence-corrected chi connectivity index (χ3v) is 3.83. The average Bonchev–Trinajstić information content (AvgIpc) is 3.00. The van der Waals surface area contributed by atoms with Gasteiger partial charge in [0.1, 0.15) is 23.4 Å². The van der Waals surface area contributed by atoms with Crippen LogP contribution in [-0.4, -0.2) is 23.7 Å². The van der Waals surface area contributed by atoms with Crippen molar-refractivity contribution in [3.8, 4) is 0 Å². The van der Waals surface area contributed by atoms with E-state index in [2.05, 4.69) is 15.3 Å². The highest BCUT2D eigenvalue weighted by atomic mass is 16.5. The molecule has 0 aromatic carbocycles. The Morgan fingerprint density at radius 2 is 2.19 bits per heavy atom. The zero-order valence-electron chi connectivity index (χ0n) is 12.6. The second-order valence-corrected chi connectivity index (χ2v) is 5.42. The molecule has 112 valence electrons. The Morgan fingerprint density at radius 3 is 2.95 bits per heavy atom. The van der Waals surface area contributed by atoms with E-state index in [-0.39, 0.29) is 6.04 Å². The predicted molar refractivity (Wildman–Crippen MR) is 80.4 cm³/mol. The summed E-state index contributed by atoms with van der Waals surface area (Å²) in [6.45, 7) is 2.48. The summed E-state index contributed by atoms with van der Waals surface area (Å²) in [5.41, 5.74) is 2.44. The first-order valence-corrected chi connectivity index (χ1v) is 7.43. The summed E-state index contributed by atoms with van der Waals surface area (Å²) in [6.07, 6.45) is 6.17. The summed E-state index contributed by atoms with van der Waals surface area (Å²) in [5, 5.41) is 3.48. The minimum absolute atomic E-state index is 0.0367. The van der Waals surface area contributed by atoms with E-state index in [4.69, 9.17) is 9.15 Å². The molecule has 5 heteroatoms. The minimum Gasteiger partial charge on any atom is -0.467 e. The van der Waals surface area contributed by atoms with Gasteiger partial charge in [-0.25, -0.2) is 9.97 Å². The maximum Gasteiger partial charge on any atom is 0.133 e. The number of nitrogens with one attached hydrogen (secondary N) is 1. The average molecular weight is 287 g/mol. The van der Waals surface area contributed by atoms with Gasteiger partial charge in [-0.1, -0.05) is 0 Å². The molecule has 1 aliphatic carbocycles. The van der Waals surface area contributed by atoms with Gasteiger partial charge in [-0.15, -0.1) is 0 Å². The molecule has 3 rings (SSSR count). The largest absolute Gasteiger partial charge is 0.467 e. The molecule has 0 radical (unpaired) electrons. The van der Waals surface area contributed by atoms with Crippen molar-refractivity contribution in [3.63, 3.8) is 0 Å². The van der Waals surface area contributed by atoms with Crippen LogP contribution < -0.4 is 5.32 Å². The van der Waals surface area contributed by atoms with Gasteiger partial charge in [0, 0.05) is 18.4 Å². The first-order chi connectivity index (χ1) is 10.3. The summed E-state index contributed by atoms with van der Waals surface area (Å²) in [7, 11) is 1.69. The normalized spacial score (nSPS) is 15.5. The van der Waals surface area contributed by atoms with Crippen molar-refractivity contribution in [1.29, 1.82) is 0 Å². The standard InChI is InChI=1S/C16H21N3O2/c1-11-17-13-7-4-3-6-12(13)16(18-11)19-14(10-20-2)15-8-5-9-21-15/h5,8-9,14H,3-4,6-7,10H2,1-2H3,(H,17,18,19). The minimum atomic E-state index is -0.0367. The molecule has 0 aliphatic heterocycles. The highest BCUT2D eigenvalue weighted by molar-refractivity contribution is 5.49. The molecule has 0 spiro atoms. The molecule has 2 aromatic rings. The smallest absolute Gasteiger partial charge is 0.133 e. The number of nitrogens with zero attached hydrogens (tertiary/aromatic N) is 2. The molecule has 0 bridgehead atoms. The van der Waals surface area contributed by atoms with Gasteiger partial charge in [0.15, 0.2) is 0 Å². The van der Waals surface area contributed by atoms with Crippen LogP contribution in [0.3, 0.4) is 0 Å². The molecule has 1 unspecified atom stereocenters. The Morgan fingerprint density at radius 1 is 1.33 bits per heavy atom. The monoisotopic (exact) mass is 287 g/mol. The summed E-state index contributed by atoms with van der Waals surface area (Å²) < 4.78 is 10.8. The topological polar surface area (TPSA) is 60.2 Å². The van der Waals surface area contributed by atoms with Gasteiger partial charge < -0.3 is 14.5 Å². The number of fused-ring (bicyclic) bond motifs is 1. The number of furan rings is 1. The molecule has 0 fully saturated rings. The highest BCUT2D eigenvalue weighted by Gasteiger charge is 2.21. The van der Waals surface area contributed by atoms with E-state index in [1.807, 2.05) is 19.1 Å². The van der Waals surface area contributed by atoms with Crippen molar-refractivity contribution < 1.29 is 9.15 Å². The summed E-state index contributed by atoms with van der Waals surface area (Å²) in [4.78, 5) is 9.18. The fraction of sp³-hybridized carbons (Fsp3) is 0.500. The van der Waals surface area contributed by atoms with E-state index in [1.165, 1.54) is 24.1 Å². The van der Waals surface area contributed by atoms with Crippen LogP contribution in [0, 0.1) is 6.92 Å². The van der Waals surface area contributed by atoms with Gasteiger partial charge >= 0.3 is 0 Å². The maximum absolute atomic E-state index is 5.51. The van der Waals surface area contributed by atoms with Crippen LogP contribution in [0.2, 0.25) is 0 Å². The van der Waals surface area contributed by atoms with E-state index in [0.717, 1.165) is 30.2 Å². The predicted octanol–water partition coefficient (Wildman–Crippen LogP) is 3.06. The second-order valence-electron chi connectivity index (χ2n) is 5.42. The second kappa shape index (κ2) is 6.26. The van der Waals surface area contributed by atoms with Gasteiger partial charge in [-0.3, -0.25) is 0 Å². The molecular weight excluding hydrogens is 266 g/mol. The lowest BCUT2D eigenvalue weighted by Crippen LogP contribution is -2.20. The quantitative estimate of drug-likeness (QED) is 0.915. The molecular formula is C16H21N3O2. The fourth-order valence-corrected chi connectivity index (χ4v) is 2.85. The Bertz CT molecular complexity index is 596. The zero-order chi connectivity index (χ0) is 14.7.